The lowest BCUT2D eigenvalue weighted by atomic mass is 9.85. The van der Waals surface area contributed by atoms with Crippen LogP contribution in [0.3, 0.4) is 0 Å². The first-order chi connectivity index (χ1) is 11.3. The van der Waals surface area contributed by atoms with E-state index in [1.54, 1.807) is 0 Å². The topological polar surface area (TPSA) is 82.3 Å². The Morgan fingerprint density at radius 3 is 2.75 bits per heavy atom. The molecule has 0 bridgehead atoms. The summed E-state index contributed by atoms with van der Waals surface area (Å²) in [5.74, 6) is -0.227. The zero-order valence-corrected chi connectivity index (χ0v) is 15.0. The quantitative estimate of drug-likeness (QED) is 0.670. The minimum atomic E-state index is -0.396. The molecule has 6 nitrogen and oxygen atoms in total. The van der Waals surface area contributed by atoms with Crippen LogP contribution in [0, 0.1) is 5.41 Å². The predicted molar refractivity (Wildman–Crippen MR) is 95.4 cm³/mol. The number of carbonyl (C=O) groups excluding carboxylic acids is 2. The van der Waals surface area contributed by atoms with Crippen LogP contribution in [0.2, 0.25) is 0 Å². The van der Waals surface area contributed by atoms with E-state index in [4.69, 9.17) is 0 Å². The van der Waals surface area contributed by atoms with Gasteiger partial charge in [0.1, 0.15) is 0 Å². The summed E-state index contributed by atoms with van der Waals surface area (Å²) in [5.41, 5.74) is 7.29. The Morgan fingerprint density at radius 1 is 1.29 bits per heavy atom. The Labute approximate surface area is 146 Å². The summed E-state index contributed by atoms with van der Waals surface area (Å²) in [4.78, 5) is 25.5. The van der Waals surface area contributed by atoms with E-state index >= 15 is 0 Å². The van der Waals surface area contributed by atoms with Crippen LogP contribution in [0.15, 0.2) is 29.2 Å². The smallest absolute Gasteiger partial charge is 0.238 e. The minimum Gasteiger partial charge on any atom is -0.339 e. The van der Waals surface area contributed by atoms with Gasteiger partial charge < -0.3 is 10.6 Å². The lowest BCUT2D eigenvalue weighted by Crippen LogP contribution is -2.46. The van der Waals surface area contributed by atoms with Crippen molar-refractivity contribution < 1.29 is 9.59 Å². The van der Waals surface area contributed by atoms with Crippen LogP contribution in [0.25, 0.3) is 0 Å². The van der Waals surface area contributed by atoms with E-state index in [1.807, 2.05) is 24.3 Å². The Bertz CT molecular complexity index is 644. The first-order valence-electron chi connectivity index (χ1n) is 8.20. The summed E-state index contributed by atoms with van der Waals surface area (Å²) >= 11 is 1.45. The van der Waals surface area contributed by atoms with E-state index in [9.17, 15) is 9.59 Å². The van der Waals surface area contributed by atoms with Gasteiger partial charge in [0.2, 0.25) is 11.8 Å². The molecule has 1 saturated heterocycles. The van der Waals surface area contributed by atoms with Gasteiger partial charge in [-0.25, -0.2) is 5.43 Å². The van der Waals surface area contributed by atoms with Crippen LogP contribution in [0.5, 0.6) is 0 Å². The van der Waals surface area contributed by atoms with Gasteiger partial charge >= 0.3 is 0 Å². The first kappa shape index (κ1) is 17.3. The monoisotopic (exact) mass is 348 g/mol. The van der Waals surface area contributed by atoms with E-state index in [0.29, 0.717) is 6.04 Å². The van der Waals surface area contributed by atoms with Gasteiger partial charge in [0.25, 0.3) is 0 Å². The number of carbonyl (C=O) groups is 2. The standard InChI is InChI=1S/C17H24N4O2S/c1-17(2,3)13-9-14(21-20-13)19-15(22)8-12-16(23)18-10-6-4-5-7-11(10)24-12/h4-7,12-14,20-21H,8-9H2,1-3H3,(H,18,23)(H,19,22). The Kier molecular flexibility index (Phi) is 4.85. The number of amides is 2. The van der Waals surface area contributed by atoms with E-state index in [0.717, 1.165) is 17.0 Å². The molecule has 1 aromatic carbocycles. The van der Waals surface area contributed by atoms with Gasteiger partial charge in [-0.3, -0.25) is 15.0 Å². The molecule has 0 saturated carbocycles. The summed E-state index contributed by atoms with van der Waals surface area (Å²) in [6.45, 7) is 6.49. The van der Waals surface area contributed by atoms with Crippen molar-refractivity contribution in [3.63, 3.8) is 0 Å². The molecule has 2 heterocycles. The molecule has 0 radical (unpaired) electrons. The fourth-order valence-electron chi connectivity index (χ4n) is 2.87. The lowest BCUT2D eigenvalue weighted by molar-refractivity contribution is -0.124. The minimum absolute atomic E-state index is 0.106. The average Bonchev–Trinajstić information content (AvgIpc) is 2.96. The molecule has 2 amide bonds. The van der Waals surface area contributed by atoms with E-state index in [2.05, 4.69) is 42.3 Å². The third-order valence-electron chi connectivity index (χ3n) is 4.36. The second-order valence-corrected chi connectivity index (χ2v) is 8.60. The molecule has 3 rings (SSSR count). The number of hydrogen-bond acceptors (Lipinski definition) is 5. The number of hydrazine groups is 1. The van der Waals surface area contributed by atoms with E-state index in [1.165, 1.54) is 11.8 Å². The number of rotatable bonds is 3. The van der Waals surface area contributed by atoms with Crippen LogP contribution < -0.4 is 21.5 Å². The molecule has 7 heteroatoms. The molecule has 1 fully saturated rings. The third kappa shape index (κ3) is 3.91. The predicted octanol–water partition coefficient (Wildman–Crippen LogP) is 1.84. The van der Waals surface area contributed by atoms with Gasteiger partial charge in [-0.05, 0) is 24.0 Å². The zero-order chi connectivity index (χ0) is 17.3. The van der Waals surface area contributed by atoms with Gasteiger partial charge in [0, 0.05) is 17.4 Å². The van der Waals surface area contributed by atoms with Crippen LogP contribution in [-0.2, 0) is 9.59 Å². The molecule has 4 N–H and O–H groups in total. The molecule has 1 aromatic rings. The molecular formula is C17H24N4O2S. The van der Waals surface area contributed by atoms with Gasteiger partial charge in [-0.15, -0.1) is 11.8 Å². The number of para-hydroxylation sites is 1. The largest absolute Gasteiger partial charge is 0.339 e. The third-order valence-corrected chi connectivity index (χ3v) is 5.64. The van der Waals surface area contributed by atoms with Gasteiger partial charge in [-0.1, -0.05) is 32.9 Å². The highest BCUT2D eigenvalue weighted by atomic mass is 32.2. The first-order valence-corrected chi connectivity index (χ1v) is 9.08. The Hall–Kier alpha value is -1.57. The summed E-state index contributed by atoms with van der Waals surface area (Å²) in [5, 5.41) is 5.44. The molecule has 0 aromatic heterocycles. The van der Waals surface area contributed by atoms with Crippen molar-refractivity contribution in [2.45, 2.75) is 56.0 Å². The highest BCUT2D eigenvalue weighted by Crippen LogP contribution is 2.36. The second kappa shape index (κ2) is 6.74. The molecule has 3 unspecified atom stereocenters. The number of benzene rings is 1. The van der Waals surface area contributed by atoms with Crippen molar-refractivity contribution in [3.8, 4) is 0 Å². The van der Waals surface area contributed by atoms with Crippen LogP contribution >= 0.6 is 11.8 Å². The highest BCUT2D eigenvalue weighted by Gasteiger charge is 2.34. The lowest BCUT2D eigenvalue weighted by Gasteiger charge is -2.26. The SMILES string of the molecule is CC(C)(C)C1CC(NC(=O)CC2Sc3ccccc3NC2=O)NN1. The molecule has 2 aliphatic heterocycles. The molecule has 3 atom stereocenters. The molecular weight excluding hydrogens is 324 g/mol. The van der Waals surface area contributed by atoms with Crippen molar-refractivity contribution in [2.24, 2.45) is 5.41 Å². The van der Waals surface area contributed by atoms with Crippen molar-refractivity contribution in [1.29, 1.82) is 0 Å². The maximum atomic E-state index is 12.3. The maximum absolute atomic E-state index is 12.3. The van der Waals surface area contributed by atoms with Crippen molar-refractivity contribution in [1.82, 2.24) is 16.2 Å². The summed E-state index contributed by atoms with van der Waals surface area (Å²) < 4.78 is 0. The number of thioether (sulfide) groups is 1. The van der Waals surface area contributed by atoms with E-state index < -0.39 is 5.25 Å². The van der Waals surface area contributed by atoms with Crippen molar-refractivity contribution in [3.05, 3.63) is 24.3 Å². The molecule has 2 aliphatic rings. The van der Waals surface area contributed by atoms with Gasteiger partial charge in [0.15, 0.2) is 0 Å². The number of anilines is 1. The van der Waals surface area contributed by atoms with Crippen LogP contribution in [0.1, 0.15) is 33.6 Å². The maximum Gasteiger partial charge on any atom is 0.238 e. The average molecular weight is 348 g/mol. The summed E-state index contributed by atoms with van der Waals surface area (Å²) in [6, 6.07) is 7.94. The summed E-state index contributed by atoms with van der Waals surface area (Å²) in [6.07, 6.45) is 0.885. The van der Waals surface area contributed by atoms with Gasteiger partial charge in [-0.2, -0.15) is 0 Å². The molecule has 0 aliphatic carbocycles. The Morgan fingerprint density at radius 2 is 2.04 bits per heavy atom. The molecule has 24 heavy (non-hydrogen) atoms. The van der Waals surface area contributed by atoms with E-state index in [-0.39, 0.29) is 29.8 Å². The molecule has 130 valence electrons. The number of hydrogen-bond donors (Lipinski definition) is 4. The normalized spacial score (nSPS) is 26.6. The molecule has 0 spiro atoms. The second-order valence-electron chi connectivity index (χ2n) is 7.36. The van der Waals surface area contributed by atoms with Gasteiger partial charge in [0.05, 0.1) is 17.1 Å². The summed E-state index contributed by atoms with van der Waals surface area (Å²) in [7, 11) is 0. The van der Waals surface area contributed by atoms with Crippen LogP contribution in [-0.4, -0.2) is 29.3 Å². The Balaban J connectivity index is 1.54. The van der Waals surface area contributed by atoms with Crippen LogP contribution in [0.4, 0.5) is 5.69 Å². The highest BCUT2D eigenvalue weighted by molar-refractivity contribution is 8.01. The zero-order valence-electron chi connectivity index (χ0n) is 14.2. The fourth-order valence-corrected chi connectivity index (χ4v) is 3.98. The fraction of sp³-hybridized carbons (Fsp3) is 0.529. The number of fused-ring (bicyclic) bond motifs is 1. The number of nitrogens with one attached hydrogen (secondary N) is 4. The van der Waals surface area contributed by atoms with Crippen molar-refractivity contribution in [2.75, 3.05) is 5.32 Å². The van der Waals surface area contributed by atoms with Crippen molar-refractivity contribution >= 4 is 29.3 Å².